The third kappa shape index (κ3) is 1.27. The van der Waals surface area contributed by atoms with E-state index in [9.17, 15) is 4.79 Å². The van der Waals surface area contributed by atoms with E-state index in [1.165, 1.54) is 64.2 Å². The van der Waals surface area contributed by atoms with Crippen molar-refractivity contribution in [3.63, 3.8) is 0 Å². The Kier molecular flexibility index (Phi) is 2.18. The number of rotatable bonds is 0. The third-order valence-electron chi connectivity index (χ3n) is 9.41. The van der Waals surface area contributed by atoms with E-state index >= 15 is 0 Å². The molecule has 9 atom stereocenters. The predicted molar refractivity (Wildman–Crippen MR) is 81.5 cm³/mol. The molecule has 114 valence electrons. The summed E-state index contributed by atoms with van der Waals surface area (Å²) in [6.45, 7) is 0. The second-order valence-corrected chi connectivity index (χ2v) is 9.65. The summed E-state index contributed by atoms with van der Waals surface area (Å²) in [5.74, 6) is 7.79. The van der Waals surface area contributed by atoms with Crippen LogP contribution in [-0.4, -0.2) is 5.78 Å². The Labute approximate surface area is 128 Å². The van der Waals surface area contributed by atoms with Crippen molar-refractivity contribution in [1.82, 2.24) is 0 Å². The van der Waals surface area contributed by atoms with E-state index in [1.54, 1.807) is 0 Å². The van der Waals surface area contributed by atoms with E-state index in [1.807, 2.05) is 0 Å². The Morgan fingerprint density at radius 3 is 2.05 bits per heavy atom. The standard InChI is InChI=1S/C20H28O/c21-19-15-7-5-11-1-3-13(17(11)15)9-20(19)10-14-4-2-12-6-8-16(20)18(12)14/h11-18H,1-10H2/t11-,12-,13-,14-,15-,16-,17-,18+,20-/m0/s1. The third-order valence-corrected chi connectivity index (χ3v) is 9.41. The van der Waals surface area contributed by atoms with Gasteiger partial charge in [-0.2, -0.15) is 0 Å². The van der Waals surface area contributed by atoms with Gasteiger partial charge in [0, 0.05) is 11.3 Å². The minimum Gasteiger partial charge on any atom is -0.299 e. The summed E-state index contributed by atoms with van der Waals surface area (Å²) in [7, 11) is 0. The molecule has 0 radical (unpaired) electrons. The molecule has 0 aromatic carbocycles. The van der Waals surface area contributed by atoms with Crippen LogP contribution in [0.1, 0.15) is 64.2 Å². The van der Waals surface area contributed by atoms with Gasteiger partial charge >= 0.3 is 0 Å². The van der Waals surface area contributed by atoms with E-state index in [-0.39, 0.29) is 5.41 Å². The van der Waals surface area contributed by atoms with Gasteiger partial charge in [-0.3, -0.25) is 4.79 Å². The molecule has 6 rings (SSSR count). The summed E-state index contributed by atoms with van der Waals surface area (Å²) in [6.07, 6.45) is 14.0. The average Bonchev–Trinajstić information content (AvgIpc) is 3.22. The first-order valence-electron chi connectivity index (χ1n) is 9.82. The van der Waals surface area contributed by atoms with Crippen molar-refractivity contribution in [2.45, 2.75) is 64.2 Å². The van der Waals surface area contributed by atoms with Gasteiger partial charge in [-0.1, -0.05) is 0 Å². The SMILES string of the molecule is O=C1[C@H]2CC[C@@H]3CC[C@@H](C[C@@]14C[C@@H]1CC[C@H]5CC[C@H]4[C@H]51)[C@H]32. The van der Waals surface area contributed by atoms with E-state index in [4.69, 9.17) is 0 Å². The van der Waals surface area contributed by atoms with Crippen LogP contribution in [0.25, 0.3) is 0 Å². The van der Waals surface area contributed by atoms with Crippen LogP contribution in [0.5, 0.6) is 0 Å². The Morgan fingerprint density at radius 1 is 0.667 bits per heavy atom. The summed E-state index contributed by atoms with van der Waals surface area (Å²) in [5.41, 5.74) is 0.190. The van der Waals surface area contributed by atoms with Crippen LogP contribution in [0.4, 0.5) is 0 Å². The second-order valence-electron chi connectivity index (χ2n) is 9.65. The highest BCUT2D eigenvalue weighted by Crippen LogP contribution is 2.71. The summed E-state index contributed by atoms with van der Waals surface area (Å²) in [4.78, 5) is 13.6. The molecule has 1 heteroatoms. The van der Waals surface area contributed by atoms with Crippen molar-refractivity contribution in [2.24, 2.45) is 52.8 Å². The summed E-state index contributed by atoms with van der Waals surface area (Å²) >= 11 is 0. The van der Waals surface area contributed by atoms with Crippen molar-refractivity contribution in [3.8, 4) is 0 Å². The zero-order valence-corrected chi connectivity index (χ0v) is 13.1. The monoisotopic (exact) mass is 284 g/mol. The molecule has 0 aliphatic heterocycles. The van der Waals surface area contributed by atoms with Crippen LogP contribution in [0.3, 0.4) is 0 Å². The van der Waals surface area contributed by atoms with Gasteiger partial charge in [-0.15, -0.1) is 0 Å². The molecule has 0 heterocycles. The van der Waals surface area contributed by atoms with Crippen LogP contribution in [0.15, 0.2) is 0 Å². The quantitative estimate of drug-likeness (QED) is 0.642. The molecule has 1 nitrogen and oxygen atoms in total. The number of carbonyl (C=O) groups is 1. The maximum Gasteiger partial charge on any atom is 0.142 e. The molecule has 6 saturated carbocycles. The van der Waals surface area contributed by atoms with Gasteiger partial charge in [0.25, 0.3) is 0 Å². The molecular formula is C20H28O. The molecule has 6 aliphatic rings. The summed E-state index contributed by atoms with van der Waals surface area (Å²) in [5, 5.41) is 0. The van der Waals surface area contributed by atoms with Crippen molar-refractivity contribution in [1.29, 1.82) is 0 Å². The second kappa shape index (κ2) is 3.77. The smallest absolute Gasteiger partial charge is 0.142 e. The fourth-order valence-corrected chi connectivity index (χ4v) is 9.06. The lowest BCUT2D eigenvalue weighted by Crippen LogP contribution is -2.48. The Balaban J connectivity index is 1.43. The largest absolute Gasteiger partial charge is 0.299 e. The highest BCUT2D eigenvalue weighted by molar-refractivity contribution is 5.89. The first-order valence-corrected chi connectivity index (χ1v) is 9.82. The molecular weight excluding hydrogens is 256 g/mol. The normalized spacial score (nSPS) is 63.5. The first kappa shape index (κ1) is 12.1. The predicted octanol–water partition coefficient (Wildman–Crippen LogP) is 4.45. The summed E-state index contributed by atoms with van der Waals surface area (Å²) < 4.78 is 0. The lowest BCUT2D eigenvalue weighted by Gasteiger charge is -2.46. The topological polar surface area (TPSA) is 17.1 Å². The Morgan fingerprint density at radius 2 is 1.24 bits per heavy atom. The lowest BCUT2D eigenvalue weighted by molar-refractivity contribution is -0.144. The van der Waals surface area contributed by atoms with E-state index in [0.29, 0.717) is 5.92 Å². The van der Waals surface area contributed by atoms with Gasteiger partial charge in [0.1, 0.15) is 5.78 Å². The number of ketones is 1. The minimum atomic E-state index is 0.190. The van der Waals surface area contributed by atoms with E-state index < -0.39 is 0 Å². The van der Waals surface area contributed by atoms with Gasteiger partial charge in [-0.25, -0.2) is 0 Å². The highest BCUT2D eigenvalue weighted by Gasteiger charge is 2.68. The molecule has 0 saturated heterocycles. The van der Waals surface area contributed by atoms with E-state index in [2.05, 4.69) is 0 Å². The van der Waals surface area contributed by atoms with Crippen molar-refractivity contribution in [2.75, 3.05) is 0 Å². The minimum absolute atomic E-state index is 0.190. The first-order chi connectivity index (χ1) is 10.3. The number of hydrogen-bond donors (Lipinski definition) is 0. The number of hydrogen-bond acceptors (Lipinski definition) is 1. The molecule has 1 spiro atoms. The van der Waals surface area contributed by atoms with Gasteiger partial charge < -0.3 is 0 Å². The maximum absolute atomic E-state index is 13.6. The molecule has 6 aliphatic carbocycles. The number of carbonyl (C=O) groups excluding carboxylic acids is 1. The number of Topliss-reactive ketones (excluding diaryl/α,β-unsaturated/α-hetero) is 1. The maximum atomic E-state index is 13.6. The van der Waals surface area contributed by atoms with Crippen LogP contribution in [0.2, 0.25) is 0 Å². The Bertz CT molecular complexity index is 510. The molecule has 0 aromatic heterocycles. The van der Waals surface area contributed by atoms with Gasteiger partial charge in [0.2, 0.25) is 0 Å². The zero-order chi connectivity index (χ0) is 13.8. The highest BCUT2D eigenvalue weighted by atomic mass is 16.1. The molecule has 21 heavy (non-hydrogen) atoms. The van der Waals surface area contributed by atoms with Crippen LogP contribution in [-0.2, 0) is 4.79 Å². The molecule has 0 bridgehead atoms. The molecule has 0 N–H and O–H groups in total. The van der Waals surface area contributed by atoms with E-state index in [0.717, 1.165) is 47.2 Å². The Hall–Kier alpha value is -0.330. The van der Waals surface area contributed by atoms with Crippen molar-refractivity contribution >= 4 is 5.78 Å². The molecule has 0 amide bonds. The fourth-order valence-electron chi connectivity index (χ4n) is 9.06. The lowest BCUT2D eigenvalue weighted by atomic mass is 9.56. The van der Waals surface area contributed by atoms with Gasteiger partial charge in [-0.05, 0) is 106 Å². The van der Waals surface area contributed by atoms with Crippen molar-refractivity contribution < 1.29 is 4.79 Å². The fraction of sp³-hybridized carbons (Fsp3) is 0.950. The van der Waals surface area contributed by atoms with Crippen LogP contribution in [0, 0.1) is 52.8 Å². The molecule has 0 aromatic rings. The average molecular weight is 284 g/mol. The number of fused-ring (bicyclic) bond motifs is 1. The van der Waals surface area contributed by atoms with Crippen molar-refractivity contribution in [3.05, 3.63) is 0 Å². The molecule has 6 fully saturated rings. The van der Waals surface area contributed by atoms with Gasteiger partial charge in [0.05, 0.1) is 0 Å². The van der Waals surface area contributed by atoms with Gasteiger partial charge in [0.15, 0.2) is 0 Å². The summed E-state index contributed by atoms with van der Waals surface area (Å²) in [6, 6.07) is 0. The van der Waals surface area contributed by atoms with Crippen LogP contribution >= 0.6 is 0 Å². The zero-order valence-electron chi connectivity index (χ0n) is 13.1. The van der Waals surface area contributed by atoms with Crippen LogP contribution < -0.4 is 0 Å². The molecule has 0 unspecified atom stereocenters.